The average molecular weight is 371 g/mol. The molecule has 2 nitrogen and oxygen atoms in total. The van der Waals surface area contributed by atoms with Crippen molar-refractivity contribution in [3.05, 3.63) is 42.0 Å². The van der Waals surface area contributed by atoms with Crippen LogP contribution in [0.2, 0.25) is 0 Å². The Morgan fingerprint density at radius 2 is 1.85 bits per heavy atom. The predicted molar refractivity (Wildman–Crippen MR) is 114 cm³/mol. The zero-order valence-electron chi connectivity index (χ0n) is 17.4. The smallest absolute Gasteiger partial charge is 0.311 e. The van der Waals surface area contributed by atoms with Crippen LogP contribution < -0.4 is 4.74 Å². The van der Waals surface area contributed by atoms with Crippen LogP contribution in [0.5, 0.6) is 5.75 Å². The Hall–Kier alpha value is -1.57. The molecule has 2 heteroatoms. The van der Waals surface area contributed by atoms with Crippen molar-refractivity contribution in [1.82, 2.24) is 0 Å². The maximum Gasteiger partial charge on any atom is 0.311 e. The largest absolute Gasteiger partial charge is 0.427 e. The summed E-state index contributed by atoms with van der Waals surface area (Å²) in [4.78, 5) is 12.3. The number of rotatable bonds is 12. The number of ether oxygens (including phenoxy) is 1. The molecule has 0 bridgehead atoms. The minimum absolute atomic E-state index is 0.0982. The van der Waals surface area contributed by atoms with Gasteiger partial charge in [-0.05, 0) is 56.1 Å². The summed E-state index contributed by atoms with van der Waals surface area (Å²) < 4.78 is 5.48. The molecule has 0 radical (unpaired) electrons. The number of unbranched alkanes of at least 4 members (excludes halogenated alkanes) is 3. The highest BCUT2D eigenvalue weighted by molar-refractivity contribution is 5.72. The molecule has 1 aliphatic carbocycles. The van der Waals surface area contributed by atoms with Crippen LogP contribution in [0.15, 0.2) is 42.0 Å². The third-order valence-corrected chi connectivity index (χ3v) is 5.87. The standard InChI is InChI=1S/C25H38O2/c1-3-5-8-12-22(23-17-15-21(16-18-23)11-6-4-2)19-20-25(26)27-24-13-9-7-10-14-24/h7,9-10,13-14,17,21-22H,3-6,8,11-12,15-16,18-20H2,1-2H3. The zero-order valence-corrected chi connectivity index (χ0v) is 17.4. The van der Waals surface area contributed by atoms with E-state index < -0.39 is 0 Å². The van der Waals surface area contributed by atoms with Crippen molar-refractivity contribution in [1.29, 1.82) is 0 Å². The summed E-state index contributed by atoms with van der Waals surface area (Å²) in [5, 5.41) is 0. The topological polar surface area (TPSA) is 26.3 Å². The first-order valence-corrected chi connectivity index (χ1v) is 11.2. The molecule has 1 aromatic carbocycles. The number of hydrogen-bond acceptors (Lipinski definition) is 2. The van der Waals surface area contributed by atoms with Gasteiger partial charge in [0.05, 0.1) is 0 Å². The molecular weight excluding hydrogens is 332 g/mol. The molecule has 1 aromatic rings. The fraction of sp³-hybridized carbons (Fsp3) is 0.640. The Morgan fingerprint density at radius 3 is 2.52 bits per heavy atom. The van der Waals surface area contributed by atoms with Gasteiger partial charge in [0.2, 0.25) is 0 Å². The van der Waals surface area contributed by atoms with E-state index in [1.54, 1.807) is 5.57 Å². The summed E-state index contributed by atoms with van der Waals surface area (Å²) in [6.45, 7) is 4.53. The second-order valence-electron chi connectivity index (χ2n) is 8.08. The van der Waals surface area contributed by atoms with E-state index in [-0.39, 0.29) is 5.97 Å². The van der Waals surface area contributed by atoms with Crippen molar-refractivity contribution in [2.45, 2.75) is 90.9 Å². The molecule has 0 spiro atoms. The van der Waals surface area contributed by atoms with Crippen molar-refractivity contribution >= 4 is 5.97 Å². The van der Waals surface area contributed by atoms with Crippen LogP contribution in [0.1, 0.15) is 90.9 Å². The van der Waals surface area contributed by atoms with Crippen molar-refractivity contribution in [3.8, 4) is 5.75 Å². The van der Waals surface area contributed by atoms with E-state index in [0.29, 0.717) is 18.1 Å². The number of benzene rings is 1. The third kappa shape index (κ3) is 8.32. The highest BCUT2D eigenvalue weighted by Gasteiger charge is 2.21. The van der Waals surface area contributed by atoms with Crippen LogP contribution in [-0.2, 0) is 4.79 Å². The van der Waals surface area contributed by atoms with Crippen molar-refractivity contribution < 1.29 is 9.53 Å². The first kappa shape index (κ1) is 21.7. The van der Waals surface area contributed by atoms with Gasteiger partial charge >= 0.3 is 5.97 Å². The molecule has 2 rings (SSSR count). The molecule has 0 aromatic heterocycles. The molecule has 2 unspecified atom stereocenters. The summed E-state index contributed by atoms with van der Waals surface area (Å²) in [5.41, 5.74) is 1.62. The average Bonchev–Trinajstić information content (AvgIpc) is 2.70. The molecule has 0 heterocycles. The Labute approximate surface area is 166 Å². The molecule has 0 fully saturated rings. The van der Waals surface area contributed by atoms with Gasteiger partial charge in [-0.2, -0.15) is 0 Å². The minimum atomic E-state index is -0.0982. The SMILES string of the molecule is CCCCCC(CCC(=O)Oc1ccccc1)C1=CCC(CCCC)CC1. The Balaban J connectivity index is 1.85. The lowest BCUT2D eigenvalue weighted by Crippen LogP contribution is -2.15. The lowest BCUT2D eigenvalue weighted by Gasteiger charge is -2.27. The third-order valence-electron chi connectivity index (χ3n) is 5.87. The van der Waals surface area contributed by atoms with Gasteiger partial charge in [-0.15, -0.1) is 0 Å². The number of para-hydroxylation sites is 1. The van der Waals surface area contributed by atoms with Gasteiger partial charge in [-0.3, -0.25) is 4.79 Å². The number of carbonyl (C=O) groups excluding carboxylic acids is 1. The monoisotopic (exact) mass is 370 g/mol. The normalized spacial score (nSPS) is 18.0. The molecule has 0 saturated heterocycles. The second-order valence-corrected chi connectivity index (χ2v) is 8.08. The van der Waals surface area contributed by atoms with Gasteiger partial charge in [-0.25, -0.2) is 0 Å². The molecule has 150 valence electrons. The van der Waals surface area contributed by atoms with Crippen molar-refractivity contribution in [3.63, 3.8) is 0 Å². The van der Waals surface area contributed by atoms with E-state index in [1.165, 1.54) is 64.2 Å². The van der Waals surface area contributed by atoms with E-state index in [2.05, 4.69) is 19.9 Å². The fourth-order valence-electron chi connectivity index (χ4n) is 4.15. The molecule has 1 aliphatic rings. The predicted octanol–water partition coefficient (Wildman–Crippen LogP) is 7.49. The summed E-state index contributed by atoms with van der Waals surface area (Å²) in [6.07, 6.45) is 16.9. The van der Waals surface area contributed by atoms with Gasteiger partial charge in [0.15, 0.2) is 0 Å². The van der Waals surface area contributed by atoms with Crippen LogP contribution in [0.4, 0.5) is 0 Å². The number of esters is 1. The summed E-state index contributed by atoms with van der Waals surface area (Å²) >= 11 is 0. The molecule has 0 saturated carbocycles. The van der Waals surface area contributed by atoms with E-state index in [0.717, 1.165) is 12.3 Å². The van der Waals surface area contributed by atoms with Gasteiger partial charge < -0.3 is 4.74 Å². The number of carbonyl (C=O) groups is 1. The van der Waals surface area contributed by atoms with Gasteiger partial charge in [0.25, 0.3) is 0 Å². The Bertz CT molecular complexity index is 561. The second kappa shape index (κ2) is 12.8. The minimum Gasteiger partial charge on any atom is -0.427 e. The Morgan fingerprint density at radius 1 is 1.07 bits per heavy atom. The van der Waals surface area contributed by atoms with E-state index in [1.807, 2.05) is 30.3 Å². The highest BCUT2D eigenvalue weighted by Crippen LogP contribution is 2.35. The first-order valence-electron chi connectivity index (χ1n) is 11.2. The molecule has 0 aliphatic heterocycles. The molecular formula is C25H38O2. The van der Waals surface area contributed by atoms with Gasteiger partial charge in [0, 0.05) is 6.42 Å². The summed E-state index contributed by atoms with van der Waals surface area (Å²) in [7, 11) is 0. The number of hydrogen-bond donors (Lipinski definition) is 0. The lowest BCUT2D eigenvalue weighted by atomic mass is 9.79. The van der Waals surface area contributed by atoms with E-state index in [4.69, 9.17) is 4.74 Å². The zero-order chi connectivity index (χ0) is 19.3. The summed E-state index contributed by atoms with van der Waals surface area (Å²) in [6, 6.07) is 9.42. The number of allylic oxidation sites excluding steroid dienone is 2. The summed E-state index contributed by atoms with van der Waals surface area (Å²) in [5.74, 6) is 2.00. The quantitative estimate of drug-likeness (QED) is 0.165. The highest BCUT2D eigenvalue weighted by atomic mass is 16.5. The maximum atomic E-state index is 12.3. The van der Waals surface area contributed by atoms with E-state index in [9.17, 15) is 4.79 Å². The van der Waals surface area contributed by atoms with E-state index >= 15 is 0 Å². The Kier molecular flexibility index (Phi) is 10.3. The van der Waals surface area contributed by atoms with Crippen LogP contribution in [0.3, 0.4) is 0 Å². The molecule has 0 N–H and O–H groups in total. The van der Waals surface area contributed by atoms with Crippen LogP contribution in [0.25, 0.3) is 0 Å². The fourth-order valence-corrected chi connectivity index (χ4v) is 4.15. The maximum absolute atomic E-state index is 12.3. The van der Waals surface area contributed by atoms with Crippen LogP contribution >= 0.6 is 0 Å². The molecule has 27 heavy (non-hydrogen) atoms. The lowest BCUT2D eigenvalue weighted by molar-refractivity contribution is -0.134. The molecule has 0 amide bonds. The van der Waals surface area contributed by atoms with Crippen LogP contribution in [-0.4, -0.2) is 5.97 Å². The van der Waals surface area contributed by atoms with Crippen molar-refractivity contribution in [2.75, 3.05) is 0 Å². The van der Waals surface area contributed by atoms with Crippen LogP contribution in [0, 0.1) is 11.8 Å². The van der Waals surface area contributed by atoms with Gasteiger partial charge in [0.1, 0.15) is 5.75 Å². The van der Waals surface area contributed by atoms with Crippen molar-refractivity contribution in [2.24, 2.45) is 11.8 Å². The molecule has 2 atom stereocenters. The first-order chi connectivity index (χ1) is 13.2. The van der Waals surface area contributed by atoms with Gasteiger partial charge in [-0.1, -0.05) is 82.2 Å².